The molecular formula is C38H44N6O6. The number of anilines is 2. The summed E-state index contributed by atoms with van der Waals surface area (Å²) in [5.74, 6) is 0.559. The zero-order valence-corrected chi connectivity index (χ0v) is 29.0. The van der Waals surface area contributed by atoms with Gasteiger partial charge in [0.1, 0.15) is 23.9 Å². The van der Waals surface area contributed by atoms with Crippen molar-refractivity contribution in [2.75, 3.05) is 70.8 Å². The van der Waals surface area contributed by atoms with Gasteiger partial charge in [-0.1, -0.05) is 18.2 Å². The molecule has 1 aliphatic rings. The molecule has 0 atom stereocenters. The number of piperazine rings is 1. The molecule has 12 nitrogen and oxygen atoms in total. The number of nitrogens with one attached hydrogen (secondary N) is 1. The van der Waals surface area contributed by atoms with Gasteiger partial charge in [-0.3, -0.25) is 19.4 Å². The van der Waals surface area contributed by atoms with Crippen molar-refractivity contribution >= 4 is 29.1 Å². The minimum atomic E-state index is -0.380. The van der Waals surface area contributed by atoms with Gasteiger partial charge in [0.05, 0.1) is 41.9 Å². The lowest BCUT2D eigenvalue weighted by Crippen LogP contribution is -2.47. The molecule has 12 heteroatoms. The van der Waals surface area contributed by atoms with Gasteiger partial charge in [-0.05, 0) is 87.1 Å². The molecule has 3 aromatic carbocycles. The number of hydrogen-bond acceptors (Lipinski definition) is 9. The summed E-state index contributed by atoms with van der Waals surface area (Å²) in [4.78, 5) is 49.9. The van der Waals surface area contributed by atoms with Crippen molar-refractivity contribution in [2.45, 2.75) is 20.0 Å². The van der Waals surface area contributed by atoms with Gasteiger partial charge in [-0.25, -0.2) is 0 Å². The standard InChI is InChI=1S/C38H44N6O6/c1-26-10-15-32(35(22-26)50-25-29-13-11-28(24-40-29)38(47)44-19-17-42(2)18-20-44)43(3)37(46)27-12-14-31(34(23-27)48-4)41-36(45)30-8-5-6-9-33(30)49-21-7-16-39/h5-6,8-15,22-24H,7,16-21,25,39H2,1-4H3,(H,41,45). The number of nitrogens with zero attached hydrogens (tertiary/aromatic N) is 4. The van der Waals surface area contributed by atoms with E-state index in [-0.39, 0.29) is 24.3 Å². The number of pyridine rings is 1. The van der Waals surface area contributed by atoms with Gasteiger partial charge in [0.2, 0.25) is 0 Å². The fraction of sp³-hybridized carbons (Fsp3) is 0.316. The number of carbonyl (C=O) groups is 3. The monoisotopic (exact) mass is 680 g/mol. The average molecular weight is 681 g/mol. The Labute approximate surface area is 292 Å². The van der Waals surface area contributed by atoms with Crippen LogP contribution in [0.5, 0.6) is 17.2 Å². The predicted octanol–water partition coefficient (Wildman–Crippen LogP) is 4.62. The summed E-state index contributed by atoms with van der Waals surface area (Å²) in [6.07, 6.45) is 2.25. The zero-order chi connectivity index (χ0) is 35.6. The molecule has 0 unspecified atom stereocenters. The number of carbonyl (C=O) groups excluding carboxylic acids is 3. The fourth-order valence-corrected chi connectivity index (χ4v) is 5.46. The maximum Gasteiger partial charge on any atom is 0.259 e. The van der Waals surface area contributed by atoms with E-state index in [1.54, 1.807) is 67.8 Å². The molecule has 0 aliphatic carbocycles. The van der Waals surface area contributed by atoms with E-state index in [0.717, 1.165) is 18.7 Å². The molecule has 3 amide bonds. The Kier molecular flexibility index (Phi) is 12.0. The SMILES string of the molecule is COc1cc(C(=O)N(C)c2ccc(C)cc2OCc2ccc(C(=O)N3CCN(C)CC3)cn2)ccc1NC(=O)c1ccccc1OCCCN. The zero-order valence-electron chi connectivity index (χ0n) is 29.0. The van der Waals surface area contributed by atoms with Crippen molar-refractivity contribution in [3.8, 4) is 17.2 Å². The maximum atomic E-state index is 13.8. The minimum absolute atomic E-state index is 0.0276. The molecule has 5 rings (SSSR count). The second-order valence-electron chi connectivity index (χ2n) is 12.1. The summed E-state index contributed by atoms with van der Waals surface area (Å²) in [7, 11) is 5.19. The molecule has 0 spiro atoms. The first-order valence-electron chi connectivity index (χ1n) is 16.5. The Morgan fingerprint density at radius 2 is 1.66 bits per heavy atom. The van der Waals surface area contributed by atoms with Crippen molar-refractivity contribution < 1.29 is 28.6 Å². The predicted molar refractivity (Wildman–Crippen MR) is 192 cm³/mol. The lowest BCUT2D eigenvalue weighted by molar-refractivity contribution is 0.0663. The second-order valence-corrected chi connectivity index (χ2v) is 12.1. The molecule has 4 aromatic rings. The van der Waals surface area contributed by atoms with Gasteiger partial charge in [0, 0.05) is 45.0 Å². The van der Waals surface area contributed by atoms with E-state index < -0.39 is 0 Å². The van der Waals surface area contributed by atoms with Crippen LogP contribution < -0.4 is 30.2 Å². The van der Waals surface area contributed by atoms with Crippen LogP contribution in [0, 0.1) is 6.92 Å². The van der Waals surface area contributed by atoms with E-state index in [2.05, 4.69) is 15.2 Å². The highest BCUT2D eigenvalue weighted by atomic mass is 16.5. The van der Waals surface area contributed by atoms with Crippen LogP contribution in [0.2, 0.25) is 0 Å². The molecule has 1 saturated heterocycles. The van der Waals surface area contributed by atoms with E-state index in [1.165, 1.54) is 12.0 Å². The Balaban J connectivity index is 1.26. The first kappa shape index (κ1) is 35.8. The van der Waals surface area contributed by atoms with E-state index in [4.69, 9.17) is 19.9 Å². The number of rotatable bonds is 13. The van der Waals surface area contributed by atoms with Gasteiger partial charge in [-0.2, -0.15) is 0 Å². The van der Waals surface area contributed by atoms with Crippen LogP contribution in [0.15, 0.2) is 79.0 Å². The number of benzene rings is 3. The molecule has 262 valence electrons. The summed E-state index contributed by atoms with van der Waals surface area (Å²) < 4.78 is 17.5. The highest BCUT2D eigenvalue weighted by molar-refractivity contribution is 6.09. The third-order valence-electron chi connectivity index (χ3n) is 8.45. The van der Waals surface area contributed by atoms with Crippen LogP contribution in [0.1, 0.15) is 48.8 Å². The van der Waals surface area contributed by atoms with Crippen molar-refractivity contribution in [1.29, 1.82) is 0 Å². The van der Waals surface area contributed by atoms with Crippen molar-refractivity contribution in [3.63, 3.8) is 0 Å². The van der Waals surface area contributed by atoms with Gasteiger partial charge < -0.3 is 40.0 Å². The molecule has 0 bridgehead atoms. The third-order valence-corrected chi connectivity index (χ3v) is 8.45. The number of aryl methyl sites for hydroxylation is 1. The van der Waals surface area contributed by atoms with Crippen LogP contribution in [-0.2, 0) is 6.61 Å². The summed E-state index contributed by atoms with van der Waals surface area (Å²) in [5.41, 5.74) is 9.39. The van der Waals surface area contributed by atoms with Crippen LogP contribution in [0.4, 0.5) is 11.4 Å². The lowest BCUT2D eigenvalue weighted by Gasteiger charge is -2.32. The summed E-state index contributed by atoms with van der Waals surface area (Å²) in [5, 5.41) is 2.87. The Morgan fingerprint density at radius 1 is 0.900 bits per heavy atom. The third kappa shape index (κ3) is 8.76. The number of para-hydroxylation sites is 1. The highest BCUT2D eigenvalue weighted by Gasteiger charge is 2.22. The molecule has 2 heterocycles. The second kappa shape index (κ2) is 16.8. The molecule has 3 N–H and O–H groups in total. The quantitative estimate of drug-likeness (QED) is 0.194. The number of ether oxygens (including phenoxy) is 3. The van der Waals surface area contributed by atoms with E-state index in [1.807, 2.05) is 37.1 Å². The highest BCUT2D eigenvalue weighted by Crippen LogP contribution is 2.33. The molecule has 0 radical (unpaired) electrons. The molecule has 1 aliphatic heterocycles. The van der Waals surface area contributed by atoms with Crippen LogP contribution in [0.25, 0.3) is 0 Å². The summed E-state index contributed by atoms with van der Waals surface area (Å²) in [6.45, 7) is 6.04. The topological polar surface area (TPSA) is 140 Å². The number of likely N-dealkylation sites (N-methyl/N-ethyl adjacent to an activating group) is 1. The average Bonchev–Trinajstić information content (AvgIpc) is 3.14. The largest absolute Gasteiger partial charge is 0.495 e. The maximum absolute atomic E-state index is 13.8. The number of amides is 3. The summed E-state index contributed by atoms with van der Waals surface area (Å²) >= 11 is 0. The smallest absolute Gasteiger partial charge is 0.259 e. The number of methoxy groups -OCH3 is 1. The normalized spacial score (nSPS) is 13.0. The molecule has 1 aromatic heterocycles. The van der Waals surface area contributed by atoms with E-state index >= 15 is 0 Å². The van der Waals surface area contributed by atoms with Crippen LogP contribution in [-0.4, -0.2) is 93.0 Å². The Morgan fingerprint density at radius 3 is 2.38 bits per heavy atom. The first-order valence-corrected chi connectivity index (χ1v) is 16.5. The molecular weight excluding hydrogens is 636 g/mol. The molecule has 0 saturated carbocycles. The lowest BCUT2D eigenvalue weighted by atomic mass is 10.1. The van der Waals surface area contributed by atoms with E-state index in [9.17, 15) is 14.4 Å². The first-order chi connectivity index (χ1) is 24.2. The van der Waals surface area contributed by atoms with Crippen molar-refractivity contribution in [3.05, 3.63) is 107 Å². The van der Waals surface area contributed by atoms with Gasteiger partial charge in [-0.15, -0.1) is 0 Å². The minimum Gasteiger partial charge on any atom is -0.495 e. The Bertz CT molecular complexity index is 1810. The molecule has 50 heavy (non-hydrogen) atoms. The van der Waals surface area contributed by atoms with Gasteiger partial charge in [0.25, 0.3) is 17.7 Å². The van der Waals surface area contributed by atoms with Crippen molar-refractivity contribution in [1.82, 2.24) is 14.8 Å². The number of aromatic nitrogens is 1. The van der Waals surface area contributed by atoms with Crippen LogP contribution >= 0.6 is 0 Å². The van der Waals surface area contributed by atoms with Crippen LogP contribution in [0.3, 0.4) is 0 Å². The Hall–Kier alpha value is -5.46. The number of hydrogen-bond donors (Lipinski definition) is 2. The van der Waals surface area contributed by atoms with E-state index in [0.29, 0.717) is 83.7 Å². The fourth-order valence-electron chi connectivity index (χ4n) is 5.46. The molecule has 1 fully saturated rings. The number of nitrogens with two attached hydrogens (primary N) is 1. The van der Waals surface area contributed by atoms with Crippen molar-refractivity contribution in [2.24, 2.45) is 5.73 Å². The van der Waals surface area contributed by atoms with Gasteiger partial charge >= 0.3 is 0 Å². The van der Waals surface area contributed by atoms with Gasteiger partial charge in [0.15, 0.2) is 0 Å². The summed E-state index contributed by atoms with van der Waals surface area (Å²) in [6, 6.07) is 21.0.